The molecule has 0 fully saturated rings. The van der Waals surface area contributed by atoms with Crippen LogP contribution in [0.4, 0.5) is 0 Å². The van der Waals surface area contributed by atoms with E-state index < -0.39 is 0 Å². The fraction of sp³-hybridized carbons (Fsp3) is 0.263. The molecule has 3 rings (SSSR count). The number of likely N-dealkylation sites (N-methyl/N-ethyl adjacent to an activating group) is 1. The summed E-state index contributed by atoms with van der Waals surface area (Å²) in [4.78, 5) is 24.1. The third-order valence-electron chi connectivity index (χ3n) is 4.01. The second-order valence-electron chi connectivity index (χ2n) is 5.72. The maximum Gasteiger partial charge on any atom is 0.268 e. The van der Waals surface area contributed by atoms with Gasteiger partial charge in [0.1, 0.15) is 5.69 Å². The summed E-state index contributed by atoms with van der Waals surface area (Å²) in [5, 5.41) is 7.41. The first-order chi connectivity index (χ1) is 12.2. The molecule has 0 bridgehead atoms. The summed E-state index contributed by atoms with van der Waals surface area (Å²) in [6.45, 7) is 3.11. The van der Waals surface area contributed by atoms with Crippen LogP contribution in [-0.2, 0) is 17.8 Å². The SMILES string of the molecule is CCNC(=O)CNC(=O)c1cc2sccc2n1CCc1ccccc1. The Balaban J connectivity index is 1.76. The second kappa shape index (κ2) is 7.98. The van der Waals surface area contributed by atoms with Gasteiger partial charge in [-0.1, -0.05) is 30.3 Å². The van der Waals surface area contributed by atoms with E-state index in [1.54, 1.807) is 11.3 Å². The third kappa shape index (κ3) is 4.09. The summed E-state index contributed by atoms with van der Waals surface area (Å²) in [6.07, 6.45) is 0.844. The molecule has 0 saturated heterocycles. The van der Waals surface area contributed by atoms with E-state index in [1.807, 2.05) is 47.2 Å². The van der Waals surface area contributed by atoms with Gasteiger partial charge in [0.15, 0.2) is 0 Å². The third-order valence-corrected chi connectivity index (χ3v) is 4.86. The smallest absolute Gasteiger partial charge is 0.268 e. The number of nitrogens with zero attached hydrogens (tertiary/aromatic N) is 1. The van der Waals surface area contributed by atoms with Crippen LogP contribution >= 0.6 is 11.3 Å². The predicted molar refractivity (Wildman–Crippen MR) is 101 cm³/mol. The van der Waals surface area contributed by atoms with E-state index >= 15 is 0 Å². The summed E-state index contributed by atoms with van der Waals surface area (Å²) in [5.74, 6) is -0.400. The Bertz CT molecular complexity index is 867. The van der Waals surface area contributed by atoms with Crippen molar-refractivity contribution in [2.45, 2.75) is 19.9 Å². The zero-order chi connectivity index (χ0) is 17.6. The van der Waals surface area contributed by atoms with Crippen LogP contribution in [0.1, 0.15) is 23.0 Å². The van der Waals surface area contributed by atoms with Gasteiger partial charge in [0.05, 0.1) is 16.8 Å². The number of thiophene rings is 1. The first-order valence-electron chi connectivity index (χ1n) is 8.34. The Kier molecular flexibility index (Phi) is 5.50. The van der Waals surface area contributed by atoms with Crippen molar-refractivity contribution in [1.29, 1.82) is 0 Å². The average Bonchev–Trinajstić information content (AvgIpc) is 3.20. The molecule has 130 valence electrons. The number of aryl methyl sites for hydroxylation is 2. The Labute approximate surface area is 150 Å². The van der Waals surface area contributed by atoms with Crippen molar-refractivity contribution in [2.75, 3.05) is 13.1 Å². The second-order valence-corrected chi connectivity index (χ2v) is 6.67. The molecule has 2 N–H and O–H groups in total. The topological polar surface area (TPSA) is 63.1 Å². The van der Waals surface area contributed by atoms with E-state index in [-0.39, 0.29) is 18.4 Å². The van der Waals surface area contributed by atoms with E-state index in [4.69, 9.17) is 0 Å². The number of fused-ring (bicyclic) bond motifs is 1. The number of benzene rings is 1. The zero-order valence-electron chi connectivity index (χ0n) is 14.1. The monoisotopic (exact) mass is 355 g/mol. The van der Waals surface area contributed by atoms with Crippen LogP contribution in [0.3, 0.4) is 0 Å². The lowest BCUT2D eigenvalue weighted by Gasteiger charge is -2.11. The van der Waals surface area contributed by atoms with Crippen molar-refractivity contribution in [2.24, 2.45) is 0 Å². The Morgan fingerprint density at radius 1 is 1.12 bits per heavy atom. The van der Waals surface area contributed by atoms with Crippen LogP contribution in [0.15, 0.2) is 47.8 Å². The number of rotatable bonds is 7. The molecule has 6 heteroatoms. The number of carbonyl (C=O) groups is 2. The van der Waals surface area contributed by atoms with Crippen molar-refractivity contribution in [1.82, 2.24) is 15.2 Å². The lowest BCUT2D eigenvalue weighted by Crippen LogP contribution is -2.37. The van der Waals surface area contributed by atoms with Crippen molar-refractivity contribution < 1.29 is 9.59 Å². The molecule has 1 aromatic carbocycles. The molecule has 0 radical (unpaired) electrons. The molecule has 25 heavy (non-hydrogen) atoms. The fourth-order valence-corrected chi connectivity index (χ4v) is 3.62. The first-order valence-corrected chi connectivity index (χ1v) is 9.22. The fourth-order valence-electron chi connectivity index (χ4n) is 2.80. The molecule has 0 spiro atoms. The zero-order valence-corrected chi connectivity index (χ0v) is 14.9. The molecule has 2 amide bonds. The summed E-state index contributed by atoms with van der Waals surface area (Å²) < 4.78 is 3.11. The summed E-state index contributed by atoms with van der Waals surface area (Å²) in [6, 6.07) is 14.1. The highest BCUT2D eigenvalue weighted by Crippen LogP contribution is 2.25. The van der Waals surface area contributed by atoms with Gasteiger partial charge in [-0.2, -0.15) is 0 Å². The summed E-state index contributed by atoms with van der Waals surface area (Å²) in [7, 11) is 0. The van der Waals surface area contributed by atoms with Crippen LogP contribution < -0.4 is 10.6 Å². The van der Waals surface area contributed by atoms with Crippen molar-refractivity contribution in [3.05, 3.63) is 59.1 Å². The van der Waals surface area contributed by atoms with Gasteiger partial charge in [0.25, 0.3) is 5.91 Å². The Morgan fingerprint density at radius 2 is 1.92 bits per heavy atom. The molecule has 2 aromatic heterocycles. The van der Waals surface area contributed by atoms with Crippen molar-refractivity contribution >= 4 is 33.4 Å². The van der Waals surface area contributed by atoms with Gasteiger partial charge < -0.3 is 15.2 Å². The van der Waals surface area contributed by atoms with Gasteiger partial charge in [0, 0.05) is 13.1 Å². The van der Waals surface area contributed by atoms with Crippen molar-refractivity contribution in [3.8, 4) is 0 Å². The van der Waals surface area contributed by atoms with E-state index in [0.717, 1.165) is 16.6 Å². The van der Waals surface area contributed by atoms with Crippen molar-refractivity contribution in [3.63, 3.8) is 0 Å². The van der Waals surface area contributed by atoms with E-state index in [9.17, 15) is 9.59 Å². The minimum absolute atomic E-state index is 0.00973. The van der Waals surface area contributed by atoms with Gasteiger partial charge in [-0.15, -0.1) is 11.3 Å². The maximum atomic E-state index is 12.5. The van der Waals surface area contributed by atoms with Crippen LogP contribution in [0.2, 0.25) is 0 Å². The predicted octanol–water partition coefficient (Wildman–Crippen LogP) is 2.81. The normalized spacial score (nSPS) is 10.8. The number of carbonyl (C=O) groups excluding carboxylic acids is 2. The Morgan fingerprint density at radius 3 is 2.68 bits per heavy atom. The lowest BCUT2D eigenvalue weighted by atomic mass is 10.1. The number of hydrogen-bond donors (Lipinski definition) is 2. The molecule has 0 aliphatic heterocycles. The number of nitrogens with one attached hydrogen (secondary N) is 2. The van der Waals surface area contributed by atoms with Crippen LogP contribution in [0.25, 0.3) is 10.2 Å². The lowest BCUT2D eigenvalue weighted by molar-refractivity contribution is -0.120. The molecule has 0 atom stereocenters. The van der Waals surface area contributed by atoms with Gasteiger partial charge >= 0.3 is 0 Å². The molecule has 2 heterocycles. The van der Waals surface area contributed by atoms with Crippen LogP contribution in [-0.4, -0.2) is 29.5 Å². The highest BCUT2D eigenvalue weighted by molar-refractivity contribution is 7.17. The summed E-state index contributed by atoms with van der Waals surface area (Å²) >= 11 is 1.61. The van der Waals surface area contributed by atoms with Crippen LogP contribution in [0.5, 0.6) is 0 Å². The van der Waals surface area contributed by atoms with Gasteiger partial charge in [-0.05, 0) is 36.4 Å². The molecule has 0 saturated carbocycles. The van der Waals surface area contributed by atoms with Gasteiger partial charge in [-0.3, -0.25) is 9.59 Å². The van der Waals surface area contributed by atoms with E-state index in [0.29, 0.717) is 18.8 Å². The molecular weight excluding hydrogens is 334 g/mol. The molecule has 0 aliphatic carbocycles. The number of hydrogen-bond acceptors (Lipinski definition) is 3. The van der Waals surface area contributed by atoms with Gasteiger partial charge in [-0.25, -0.2) is 0 Å². The average molecular weight is 355 g/mol. The van der Waals surface area contributed by atoms with E-state index in [1.165, 1.54) is 5.56 Å². The Hall–Kier alpha value is -2.60. The number of amides is 2. The minimum Gasteiger partial charge on any atom is -0.355 e. The quantitative estimate of drug-likeness (QED) is 0.684. The first kappa shape index (κ1) is 17.2. The van der Waals surface area contributed by atoms with Gasteiger partial charge in [0.2, 0.25) is 5.91 Å². The molecule has 0 aliphatic rings. The number of aromatic nitrogens is 1. The standard InChI is InChI=1S/C19H21N3O2S/c1-2-20-18(23)13-21-19(24)16-12-17-15(9-11-25-17)22(16)10-8-14-6-4-3-5-7-14/h3-7,9,11-12H,2,8,10,13H2,1H3,(H,20,23)(H,21,24). The maximum absolute atomic E-state index is 12.5. The highest BCUT2D eigenvalue weighted by atomic mass is 32.1. The summed E-state index contributed by atoms with van der Waals surface area (Å²) in [5.41, 5.74) is 2.89. The molecule has 5 nitrogen and oxygen atoms in total. The van der Waals surface area contributed by atoms with E-state index in [2.05, 4.69) is 22.8 Å². The van der Waals surface area contributed by atoms with Crippen LogP contribution in [0, 0.1) is 0 Å². The largest absolute Gasteiger partial charge is 0.355 e. The minimum atomic E-state index is -0.220. The molecular formula is C19H21N3O2S. The molecule has 0 unspecified atom stereocenters. The highest BCUT2D eigenvalue weighted by Gasteiger charge is 2.17. The molecule has 3 aromatic rings.